The normalized spacial score (nSPS) is 12.4. The second-order valence-corrected chi connectivity index (χ2v) is 2.94. The molecule has 1 heterocycles. The molecule has 78 valence electrons. The molecule has 14 heavy (non-hydrogen) atoms. The van der Waals surface area contributed by atoms with Gasteiger partial charge < -0.3 is 14.6 Å². The molecule has 1 rings (SSSR count). The van der Waals surface area contributed by atoms with Crippen LogP contribution in [0.2, 0.25) is 0 Å². The minimum absolute atomic E-state index is 0.273. The van der Waals surface area contributed by atoms with Gasteiger partial charge in [0.2, 0.25) is 0 Å². The third-order valence-corrected chi connectivity index (χ3v) is 1.73. The van der Waals surface area contributed by atoms with Gasteiger partial charge in [0, 0.05) is 19.9 Å². The van der Waals surface area contributed by atoms with E-state index in [-0.39, 0.29) is 6.61 Å². The van der Waals surface area contributed by atoms with Crippen LogP contribution < -0.4 is 4.74 Å². The highest BCUT2D eigenvalue weighted by Crippen LogP contribution is 2.06. The minimum atomic E-state index is -0.491. The van der Waals surface area contributed by atoms with Crippen LogP contribution >= 0.6 is 0 Å². The van der Waals surface area contributed by atoms with Gasteiger partial charge in [-0.05, 0) is 18.6 Å². The lowest BCUT2D eigenvalue weighted by molar-refractivity contribution is 0.0705. The van der Waals surface area contributed by atoms with E-state index in [0.29, 0.717) is 18.8 Å². The number of hydrogen-bond donors (Lipinski definition) is 1. The fraction of sp³-hybridized carbons (Fsp3) is 0.500. The fourth-order valence-corrected chi connectivity index (χ4v) is 0.962. The Hall–Kier alpha value is -1.13. The fourth-order valence-electron chi connectivity index (χ4n) is 0.962. The zero-order valence-corrected chi connectivity index (χ0v) is 8.22. The molecule has 0 saturated carbocycles. The summed E-state index contributed by atoms with van der Waals surface area (Å²) in [5, 5.41) is 9.42. The van der Waals surface area contributed by atoms with E-state index in [1.165, 1.54) is 0 Å². The summed E-state index contributed by atoms with van der Waals surface area (Å²) in [7, 11) is 1.61. The third-order valence-electron chi connectivity index (χ3n) is 1.73. The first-order valence-corrected chi connectivity index (χ1v) is 4.52. The average molecular weight is 197 g/mol. The number of aromatic nitrogens is 1. The molecule has 1 unspecified atom stereocenters. The Labute approximate surface area is 83.5 Å². The largest absolute Gasteiger partial charge is 0.489 e. The van der Waals surface area contributed by atoms with Crippen molar-refractivity contribution in [2.24, 2.45) is 0 Å². The molecular formula is C10H15NO3. The van der Waals surface area contributed by atoms with Gasteiger partial charge in [0.25, 0.3) is 0 Å². The van der Waals surface area contributed by atoms with E-state index in [4.69, 9.17) is 9.47 Å². The van der Waals surface area contributed by atoms with Crippen LogP contribution in [0.5, 0.6) is 5.75 Å². The zero-order valence-electron chi connectivity index (χ0n) is 8.22. The van der Waals surface area contributed by atoms with Gasteiger partial charge in [-0.3, -0.25) is 4.98 Å². The van der Waals surface area contributed by atoms with E-state index in [2.05, 4.69) is 4.98 Å². The first-order chi connectivity index (χ1) is 6.83. The Kier molecular flexibility index (Phi) is 4.96. The molecule has 0 amide bonds. The lowest BCUT2D eigenvalue weighted by atomic mass is 10.3. The van der Waals surface area contributed by atoms with Crippen LogP contribution in [0, 0.1) is 0 Å². The van der Waals surface area contributed by atoms with Crippen LogP contribution in [-0.4, -0.2) is 36.5 Å². The zero-order chi connectivity index (χ0) is 10.2. The Morgan fingerprint density at radius 3 is 3.07 bits per heavy atom. The van der Waals surface area contributed by atoms with Crippen molar-refractivity contribution in [3.8, 4) is 5.75 Å². The van der Waals surface area contributed by atoms with Crippen molar-refractivity contribution >= 4 is 0 Å². The van der Waals surface area contributed by atoms with E-state index in [1.54, 1.807) is 31.6 Å². The number of aliphatic hydroxyl groups excluding tert-OH is 1. The van der Waals surface area contributed by atoms with Crippen LogP contribution in [0.3, 0.4) is 0 Å². The number of nitrogens with zero attached hydrogens (tertiary/aromatic N) is 1. The number of pyridine rings is 1. The second-order valence-electron chi connectivity index (χ2n) is 2.94. The van der Waals surface area contributed by atoms with Crippen LogP contribution in [0.1, 0.15) is 6.42 Å². The number of methoxy groups -OCH3 is 1. The third kappa shape index (κ3) is 4.20. The lowest BCUT2D eigenvalue weighted by Crippen LogP contribution is -2.19. The Morgan fingerprint density at radius 2 is 2.43 bits per heavy atom. The molecule has 4 nitrogen and oxygen atoms in total. The second kappa shape index (κ2) is 6.34. The van der Waals surface area contributed by atoms with Crippen molar-refractivity contribution in [2.45, 2.75) is 12.5 Å². The molecule has 0 aliphatic heterocycles. The summed E-state index contributed by atoms with van der Waals surface area (Å²) >= 11 is 0. The Morgan fingerprint density at radius 1 is 1.57 bits per heavy atom. The number of ether oxygens (including phenoxy) is 2. The van der Waals surface area contributed by atoms with E-state index in [0.717, 1.165) is 0 Å². The highest BCUT2D eigenvalue weighted by Gasteiger charge is 2.04. The summed E-state index contributed by atoms with van der Waals surface area (Å²) in [6.45, 7) is 0.812. The molecule has 0 fully saturated rings. The molecule has 1 aromatic rings. The van der Waals surface area contributed by atoms with Crippen molar-refractivity contribution in [1.29, 1.82) is 0 Å². The van der Waals surface area contributed by atoms with Crippen molar-refractivity contribution in [3.05, 3.63) is 24.5 Å². The van der Waals surface area contributed by atoms with E-state index in [1.807, 2.05) is 0 Å². The van der Waals surface area contributed by atoms with Crippen molar-refractivity contribution < 1.29 is 14.6 Å². The molecule has 1 atom stereocenters. The van der Waals surface area contributed by atoms with Gasteiger partial charge in [-0.15, -0.1) is 0 Å². The van der Waals surface area contributed by atoms with Gasteiger partial charge >= 0.3 is 0 Å². The highest BCUT2D eigenvalue weighted by molar-refractivity contribution is 5.15. The molecule has 1 N–H and O–H groups in total. The maximum atomic E-state index is 9.42. The van der Waals surface area contributed by atoms with Crippen molar-refractivity contribution in [1.82, 2.24) is 4.98 Å². The van der Waals surface area contributed by atoms with Gasteiger partial charge in [-0.1, -0.05) is 0 Å². The summed E-state index contributed by atoms with van der Waals surface area (Å²) in [5.74, 6) is 0.670. The molecule has 0 radical (unpaired) electrons. The quantitative estimate of drug-likeness (QED) is 0.734. The van der Waals surface area contributed by atoms with Crippen LogP contribution in [0.25, 0.3) is 0 Å². The molecule has 0 aromatic carbocycles. The molecule has 0 bridgehead atoms. The minimum Gasteiger partial charge on any atom is -0.489 e. The van der Waals surface area contributed by atoms with Gasteiger partial charge in [0.15, 0.2) is 0 Å². The lowest BCUT2D eigenvalue weighted by Gasteiger charge is -2.11. The van der Waals surface area contributed by atoms with E-state index in [9.17, 15) is 5.11 Å². The SMILES string of the molecule is COCCC(O)COc1cccnc1. The molecular weight excluding hydrogens is 182 g/mol. The van der Waals surface area contributed by atoms with Gasteiger partial charge in [-0.25, -0.2) is 0 Å². The summed E-state index contributed by atoms with van der Waals surface area (Å²) in [5.41, 5.74) is 0. The van der Waals surface area contributed by atoms with Crippen molar-refractivity contribution in [3.63, 3.8) is 0 Å². The van der Waals surface area contributed by atoms with Gasteiger partial charge in [-0.2, -0.15) is 0 Å². The Balaban J connectivity index is 2.20. The van der Waals surface area contributed by atoms with E-state index >= 15 is 0 Å². The smallest absolute Gasteiger partial charge is 0.137 e. The van der Waals surface area contributed by atoms with Gasteiger partial charge in [0.05, 0.1) is 12.3 Å². The molecule has 1 aromatic heterocycles. The standard InChI is InChI=1S/C10H15NO3/c1-13-6-4-9(12)8-14-10-3-2-5-11-7-10/h2-3,5,7,9,12H,4,6,8H2,1H3. The van der Waals surface area contributed by atoms with E-state index < -0.39 is 6.10 Å². The number of aliphatic hydroxyl groups is 1. The maximum absolute atomic E-state index is 9.42. The Bertz CT molecular complexity index is 240. The van der Waals surface area contributed by atoms with Crippen molar-refractivity contribution in [2.75, 3.05) is 20.3 Å². The number of rotatable bonds is 6. The van der Waals surface area contributed by atoms with Crippen LogP contribution in [-0.2, 0) is 4.74 Å². The van der Waals surface area contributed by atoms with Crippen LogP contribution in [0.4, 0.5) is 0 Å². The number of hydrogen-bond acceptors (Lipinski definition) is 4. The average Bonchev–Trinajstić information content (AvgIpc) is 2.25. The van der Waals surface area contributed by atoms with Crippen LogP contribution in [0.15, 0.2) is 24.5 Å². The molecule has 0 spiro atoms. The summed E-state index contributed by atoms with van der Waals surface area (Å²) < 4.78 is 10.1. The predicted octanol–water partition coefficient (Wildman–Crippen LogP) is 0.858. The molecule has 0 aliphatic rings. The molecule has 0 saturated heterocycles. The summed E-state index contributed by atoms with van der Waals surface area (Å²) in [4.78, 5) is 3.89. The highest BCUT2D eigenvalue weighted by atomic mass is 16.5. The summed E-state index contributed by atoms with van der Waals surface area (Å²) in [6, 6.07) is 3.59. The predicted molar refractivity (Wildman–Crippen MR) is 52.2 cm³/mol. The topological polar surface area (TPSA) is 51.6 Å². The molecule has 0 aliphatic carbocycles. The summed E-state index contributed by atoms with van der Waals surface area (Å²) in [6.07, 6.45) is 3.38. The monoisotopic (exact) mass is 197 g/mol. The maximum Gasteiger partial charge on any atom is 0.137 e. The van der Waals surface area contributed by atoms with Gasteiger partial charge in [0.1, 0.15) is 12.4 Å². The molecule has 4 heteroatoms. The first kappa shape index (κ1) is 10.9. The first-order valence-electron chi connectivity index (χ1n) is 4.52.